The highest BCUT2D eigenvalue weighted by Crippen LogP contribution is 2.25. The SMILES string of the molecule is CCn1cc(-c2ccc3cc(C(=O)N[C@H](CO)Cc4cnc[nH]4)ccc3c2)cn1.O=CO. The number of aryl methyl sites for hydroxylation is 1. The van der Waals surface area contributed by atoms with Crippen LogP contribution in [0.4, 0.5) is 0 Å². The average molecular weight is 435 g/mol. The van der Waals surface area contributed by atoms with E-state index in [9.17, 15) is 9.90 Å². The van der Waals surface area contributed by atoms with Crippen LogP contribution in [0.15, 0.2) is 61.3 Å². The maximum Gasteiger partial charge on any atom is 0.290 e. The summed E-state index contributed by atoms with van der Waals surface area (Å²) in [7, 11) is 0. The highest BCUT2D eigenvalue weighted by molar-refractivity contribution is 5.99. The molecule has 0 fully saturated rings. The molecule has 0 aliphatic carbocycles. The minimum atomic E-state index is -0.379. The Morgan fingerprint density at radius 1 is 1.19 bits per heavy atom. The largest absolute Gasteiger partial charge is 0.483 e. The Kier molecular flexibility index (Phi) is 7.71. The molecule has 0 saturated heterocycles. The number of nitrogens with zero attached hydrogens (tertiary/aromatic N) is 3. The number of rotatable bonds is 7. The van der Waals surface area contributed by atoms with Gasteiger partial charge in [-0.15, -0.1) is 0 Å². The van der Waals surface area contributed by atoms with Crippen LogP contribution in [0.25, 0.3) is 21.9 Å². The molecular formula is C23H25N5O4. The first kappa shape index (κ1) is 22.7. The third kappa shape index (κ3) is 5.58. The van der Waals surface area contributed by atoms with E-state index in [-0.39, 0.29) is 25.0 Å². The summed E-state index contributed by atoms with van der Waals surface area (Å²) in [6.45, 7) is 2.49. The molecule has 0 aliphatic rings. The van der Waals surface area contributed by atoms with Gasteiger partial charge >= 0.3 is 0 Å². The fraction of sp³-hybridized carbons (Fsp3) is 0.217. The maximum absolute atomic E-state index is 12.7. The molecule has 0 unspecified atom stereocenters. The molecule has 4 rings (SSSR count). The van der Waals surface area contributed by atoms with Gasteiger partial charge in [0.25, 0.3) is 12.4 Å². The molecule has 2 heterocycles. The van der Waals surface area contributed by atoms with E-state index in [1.165, 1.54) is 0 Å². The third-order valence-electron chi connectivity index (χ3n) is 4.97. The van der Waals surface area contributed by atoms with Crippen LogP contribution in [0.1, 0.15) is 23.0 Å². The Bertz CT molecular complexity index is 1170. The number of carboxylic acid groups (broad SMARTS) is 1. The van der Waals surface area contributed by atoms with Gasteiger partial charge in [0.05, 0.1) is 25.2 Å². The van der Waals surface area contributed by atoms with Crippen molar-refractivity contribution >= 4 is 23.2 Å². The molecule has 0 spiro atoms. The van der Waals surface area contributed by atoms with Gasteiger partial charge in [0.15, 0.2) is 0 Å². The Balaban J connectivity index is 0.000000913. The fourth-order valence-corrected chi connectivity index (χ4v) is 3.34. The second-order valence-electron chi connectivity index (χ2n) is 7.10. The van der Waals surface area contributed by atoms with Gasteiger partial charge in [-0.1, -0.05) is 18.2 Å². The second-order valence-corrected chi connectivity index (χ2v) is 7.10. The molecular weight excluding hydrogens is 410 g/mol. The molecule has 2 aromatic carbocycles. The molecule has 32 heavy (non-hydrogen) atoms. The van der Waals surface area contributed by atoms with Gasteiger partial charge in [-0.2, -0.15) is 5.10 Å². The Morgan fingerprint density at radius 2 is 1.94 bits per heavy atom. The molecule has 166 valence electrons. The Hall–Kier alpha value is -3.98. The van der Waals surface area contributed by atoms with Gasteiger partial charge in [-0.3, -0.25) is 14.3 Å². The van der Waals surface area contributed by atoms with E-state index in [1.54, 1.807) is 12.5 Å². The summed E-state index contributed by atoms with van der Waals surface area (Å²) in [5.41, 5.74) is 3.59. The zero-order valence-corrected chi connectivity index (χ0v) is 17.6. The third-order valence-corrected chi connectivity index (χ3v) is 4.97. The predicted octanol–water partition coefficient (Wildman–Crippen LogP) is 2.48. The van der Waals surface area contributed by atoms with Crippen molar-refractivity contribution in [1.82, 2.24) is 25.1 Å². The van der Waals surface area contributed by atoms with Crippen molar-refractivity contribution in [2.45, 2.75) is 25.9 Å². The second kappa shape index (κ2) is 10.9. The minimum absolute atomic E-state index is 0.146. The zero-order chi connectivity index (χ0) is 22.9. The quantitative estimate of drug-likeness (QED) is 0.330. The number of amides is 1. The van der Waals surface area contributed by atoms with Gasteiger partial charge in [-0.25, -0.2) is 4.98 Å². The van der Waals surface area contributed by atoms with Crippen LogP contribution in [0.2, 0.25) is 0 Å². The van der Waals surface area contributed by atoms with Gasteiger partial charge < -0.3 is 20.5 Å². The molecule has 9 nitrogen and oxygen atoms in total. The number of nitrogens with one attached hydrogen (secondary N) is 2. The van der Waals surface area contributed by atoms with E-state index in [0.29, 0.717) is 12.0 Å². The van der Waals surface area contributed by atoms with Gasteiger partial charge in [0, 0.05) is 42.2 Å². The molecule has 0 radical (unpaired) electrons. The smallest absolute Gasteiger partial charge is 0.290 e. The number of aromatic amines is 1. The van der Waals surface area contributed by atoms with Gasteiger partial charge in [0.1, 0.15) is 0 Å². The first-order valence-electron chi connectivity index (χ1n) is 10.1. The Labute approximate surface area is 184 Å². The van der Waals surface area contributed by atoms with Crippen molar-refractivity contribution in [3.05, 3.63) is 72.6 Å². The number of fused-ring (bicyclic) bond motifs is 1. The lowest BCUT2D eigenvalue weighted by Crippen LogP contribution is -2.39. The standard InChI is InChI=1S/C22H23N5O2.CH2O2/c1-2-27-12-19(10-25-27)17-4-3-16-8-18(6-5-15(16)7-17)22(29)26-21(13-28)9-20-11-23-14-24-20;2-1-3/h3-8,10-12,14,21,28H,2,9,13H2,1H3,(H,23,24)(H,26,29);1H,(H,2,3)/t21-;/m0./s1. The van der Waals surface area contributed by atoms with Gasteiger partial charge in [-0.05, 0) is 41.5 Å². The van der Waals surface area contributed by atoms with Gasteiger partial charge in [0.2, 0.25) is 0 Å². The van der Waals surface area contributed by atoms with E-state index in [1.807, 2.05) is 47.4 Å². The molecule has 4 N–H and O–H groups in total. The minimum Gasteiger partial charge on any atom is -0.483 e. The number of aromatic nitrogens is 4. The fourth-order valence-electron chi connectivity index (χ4n) is 3.34. The number of H-pyrrole nitrogens is 1. The first-order chi connectivity index (χ1) is 15.6. The number of imidazole rings is 1. The summed E-state index contributed by atoms with van der Waals surface area (Å²) < 4.78 is 1.90. The van der Waals surface area contributed by atoms with E-state index >= 15 is 0 Å². The lowest BCUT2D eigenvalue weighted by molar-refractivity contribution is -0.122. The number of carbonyl (C=O) groups is 2. The number of aliphatic hydroxyl groups is 1. The Morgan fingerprint density at radius 3 is 2.59 bits per heavy atom. The van der Waals surface area contributed by atoms with Crippen LogP contribution >= 0.6 is 0 Å². The molecule has 0 bridgehead atoms. The predicted molar refractivity (Wildman–Crippen MR) is 120 cm³/mol. The number of benzene rings is 2. The summed E-state index contributed by atoms with van der Waals surface area (Å²) in [5.74, 6) is -0.209. The summed E-state index contributed by atoms with van der Waals surface area (Å²) >= 11 is 0. The van der Waals surface area contributed by atoms with Crippen LogP contribution in [0, 0.1) is 0 Å². The number of carbonyl (C=O) groups excluding carboxylic acids is 1. The van der Waals surface area contributed by atoms with E-state index < -0.39 is 0 Å². The van der Waals surface area contributed by atoms with Crippen LogP contribution in [0.3, 0.4) is 0 Å². The van der Waals surface area contributed by atoms with Crippen molar-refractivity contribution in [2.75, 3.05) is 6.61 Å². The van der Waals surface area contributed by atoms with E-state index in [0.717, 1.165) is 34.1 Å². The van der Waals surface area contributed by atoms with E-state index in [2.05, 4.69) is 33.4 Å². The summed E-state index contributed by atoms with van der Waals surface area (Å²) in [6, 6.07) is 11.4. The van der Waals surface area contributed by atoms with Crippen molar-refractivity contribution in [3.8, 4) is 11.1 Å². The summed E-state index contributed by atoms with van der Waals surface area (Å²) in [5, 5.41) is 25.7. The maximum atomic E-state index is 12.7. The number of hydrogen-bond donors (Lipinski definition) is 4. The molecule has 2 aromatic heterocycles. The first-order valence-corrected chi connectivity index (χ1v) is 10.1. The zero-order valence-electron chi connectivity index (χ0n) is 17.6. The molecule has 4 aromatic rings. The molecule has 1 atom stereocenters. The summed E-state index contributed by atoms with van der Waals surface area (Å²) in [4.78, 5) is 28.0. The van der Waals surface area contributed by atoms with Crippen molar-refractivity contribution < 1.29 is 19.8 Å². The van der Waals surface area contributed by atoms with Crippen LogP contribution < -0.4 is 5.32 Å². The van der Waals surface area contributed by atoms with E-state index in [4.69, 9.17) is 9.90 Å². The number of aliphatic hydroxyl groups excluding tert-OH is 1. The topological polar surface area (TPSA) is 133 Å². The molecule has 0 aliphatic heterocycles. The average Bonchev–Trinajstić information content (AvgIpc) is 3.50. The number of hydrogen-bond acceptors (Lipinski definition) is 5. The van der Waals surface area contributed by atoms with Crippen LogP contribution in [0.5, 0.6) is 0 Å². The normalized spacial score (nSPS) is 11.4. The van der Waals surface area contributed by atoms with Crippen molar-refractivity contribution in [3.63, 3.8) is 0 Å². The van der Waals surface area contributed by atoms with Crippen molar-refractivity contribution in [1.29, 1.82) is 0 Å². The lowest BCUT2D eigenvalue weighted by Gasteiger charge is -2.15. The van der Waals surface area contributed by atoms with Crippen LogP contribution in [-0.4, -0.2) is 55.0 Å². The molecule has 9 heteroatoms. The summed E-state index contributed by atoms with van der Waals surface area (Å²) in [6.07, 6.45) is 7.65. The highest BCUT2D eigenvalue weighted by atomic mass is 16.3. The van der Waals surface area contributed by atoms with Crippen molar-refractivity contribution in [2.24, 2.45) is 0 Å². The van der Waals surface area contributed by atoms with Crippen LogP contribution in [-0.2, 0) is 17.8 Å². The highest BCUT2D eigenvalue weighted by Gasteiger charge is 2.15. The monoisotopic (exact) mass is 435 g/mol. The lowest BCUT2D eigenvalue weighted by atomic mass is 10.0. The molecule has 1 amide bonds. The molecule has 0 saturated carbocycles.